The van der Waals surface area contributed by atoms with E-state index in [9.17, 15) is 32.3 Å². The number of hydrogen-bond donors (Lipinski definition) is 2. The number of alkyl halides is 3. The van der Waals surface area contributed by atoms with Gasteiger partial charge in [-0.15, -0.1) is 0 Å². The third-order valence-corrected chi connectivity index (χ3v) is 7.46. The molecule has 0 radical (unpaired) electrons. The molecule has 1 amide bonds. The Balaban J connectivity index is 1.46. The summed E-state index contributed by atoms with van der Waals surface area (Å²) in [5.41, 5.74) is -2.56. The number of carboxylic acids is 1. The Labute approximate surface area is 252 Å². The average molecular weight is 637 g/mol. The van der Waals surface area contributed by atoms with Crippen LogP contribution >= 0.6 is 0 Å². The van der Waals surface area contributed by atoms with Crippen LogP contribution in [-0.4, -0.2) is 65.3 Å². The highest BCUT2D eigenvalue weighted by atomic mass is 19.4. The average Bonchev–Trinajstić information content (AvgIpc) is 3.46. The van der Waals surface area contributed by atoms with Gasteiger partial charge >= 0.3 is 12.1 Å². The van der Waals surface area contributed by atoms with Crippen molar-refractivity contribution in [3.05, 3.63) is 83.1 Å². The van der Waals surface area contributed by atoms with E-state index in [-0.39, 0.29) is 28.6 Å². The van der Waals surface area contributed by atoms with Crippen molar-refractivity contribution < 1.29 is 50.5 Å². The Morgan fingerprint density at radius 1 is 1.16 bits per heavy atom. The van der Waals surface area contributed by atoms with Crippen LogP contribution in [0.4, 0.5) is 32.0 Å². The largest absolute Gasteiger partial charge is 0.496 e. The second kappa shape index (κ2) is 12.3. The number of hydrogen-bond acceptors (Lipinski definition) is 6. The van der Waals surface area contributed by atoms with E-state index in [0.29, 0.717) is 25.8 Å². The van der Waals surface area contributed by atoms with Gasteiger partial charge in [0.1, 0.15) is 40.5 Å². The van der Waals surface area contributed by atoms with E-state index < -0.39 is 70.4 Å². The van der Waals surface area contributed by atoms with E-state index in [0.717, 1.165) is 25.3 Å². The quantitative estimate of drug-likeness (QED) is 0.260. The molecule has 1 saturated heterocycles. The van der Waals surface area contributed by atoms with Crippen LogP contribution in [0.3, 0.4) is 0 Å². The van der Waals surface area contributed by atoms with Gasteiger partial charge in [0.05, 0.1) is 25.9 Å². The molecule has 4 aromatic rings. The van der Waals surface area contributed by atoms with Crippen LogP contribution < -0.4 is 15.0 Å². The molecule has 0 aliphatic carbocycles. The summed E-state index contributed by atoms with van der Waals surface area (Å²) in [5.74, 6) is -6.82. The molecule has 5 rings (SSSR count). The van der Waals surface area contributed by atoms with Crippen LogP contribution in [0.5, 0.6) is 5.75 Å². The van der Waals surface area contributed by atoms with Crippen LogP contribution in [0, 0.1) is 17.5 Å². The van der Waals surface area contributed by atoms with Gasteiger partial charge in [0.15, 0.2) is 0 Å². The van der Waals surface area contributed by atoms with Gasteiger partial charge in [-0.1, -0.05) is 0 Å². The number of aliphatic carboxylic acids is 1. The second-order valence-electron chi connectivity index (χ2n) is 10.4. The topological polar surface area (TPSA) is 105 Å². The van der Waals surface area contributed by atoms with E-state index in [4.69, 9.17) is 9.47 Å². The molecule has 9 nitrogen and oxygen atoms in total. The van der Waals surface area contributed by atoms with E-state index >= 15 is 8.78 Å². The number of benzene rings is 2. The van der Waals surface area contributed by atoms with E-state index in [1.807, 2.05) is 6.92 Å². The Bertz CT molecular complexity index is 1750. The van der Waals surface area contributed by atoms with Gasteiger partial charge in [0, 0.05) is 60.0 Å². The van der Waals surface area contributed by atoms with Gasteiger partial charge in [-0.05, 0) is 37.3 Å². The number of aromatic nitrogens is 2. The highest BCUT2D eigenvalue weighted by molar-refractivity contribution is 5.97. The minimum atomic E-state index is -4.96. The lowest BCUT2D eigenvalue weighted by Crippen LogP contribution is -2.44. The first-order valence-electron chi connectivity index (χ1n) is 13.6. The number of nitrogens with one attached hydrogen (secondary N) is 1. The summed E-state index contributed by atoms with van der Waals surface area (Å²) in [5, 5.41) is 12.0. The fraction of sp³-hybridized carbons (Fsp3) is 0.300. The van der Waals surface area contributed by atoms with Crippen LogP contribution in [0.25, 0.3) is 16.8 Å². The maximum Gasteiger partial charge on any atom is 0.417 e. The first-order valence-corrected chi connectivity index (χ1v) is 13.6. The summed E-state index contributed by atoms with van der Waals surface area (Å²) in [6.07, 6.45) is -2.81. The van der Waals surface area contributed by atoms with Gasteiger partial charge < -0.3 is 29.2 Å². The maximum absolute atomic E-state index is 15.1. The number of methoxy groups -OCH3 is 1. The molecule has 0 bridgehead atoms. The number of anilines is 1. The molecule has 2 aromatic carbocycles. The van der Waals surface area contributed by atoms with Crippen LogP contribution in [0.1, 0.15) is 28.5 Å². The SMILES string of the molecule is COc1cc(F)cc(C(F)(F)F)c1-c1ccc(C[C@H](NC(=O)c2c(F)cc(N3CCOC[C@@H]3C)cc2F)C(=O)O)n2ccnc12. The van der Waals surface area contributed by atoms with Crippen molar-refractivity contribution >= 4 is 23.2 Å². The number of nitrogens with zero attached hydrogens (tertiary/aromatic N) is 3. The molecule has 1 aliphatic heterocycles. The Kier molecular flexibility index (Phi) is 8.65. The second-order valence-corrected chi connectivity index (χ2v) is 10.4. The molecular weight excluding hydrogens is 610 g/mol. The standard InChI is InChI=1S/C30H26F6N4O5/c1-15-14-45-8-7-39(15)18-11-21(32)26(22(33)12-18)28(41)38-23(29(42)43)13-17-3-4-19(27-37-5-6-40(17)27)25-20(30(34,35)36)9-16(31)10-24(25)44-2/h3-6,9-12,15,23H,7-8,13-14H2,1-2H3,(H,38,41)(H,42,43)/t15-,23-/m0/s1. The molecule has 1 aliphatic rings. The fourth-order valence-corrected chi connectivity index (χ4v) is 5.37. The van der Waals surface area contributed by atoms with Crippen molar-refractivity contribution in [2.45, 2.75) is 31.6 Å². The predicted octanol–water partition coefficient (Wildman–Crippen LogP) is 5.10. The zero-order valence-corrected chi connectivity index (χ0v) is 23.8. The molecule has 1 fully saturated rings. The summed E-state index contributed by atoms with van der Waals surface area (Å²) >= 11 is 0. The van der Waals surface area contributed by atoms with Crippen molar-refractivity contribution in [1.29, 1.82) is 0 Å². The smallest absolute Gasteiger partial charge is 0.417 e. The normalized spacial score (nSPS) is 16.1. The highest BCUT2D eigenvalue weighted by Crippen LogP contribution is 2.44. The zero-order chi connectivity index (χ0) is 32.6. The van der Waals surface area contributed by atoms with Crippen molar-refractivity contribution in [3.8, 4) is 16.9 Å². The molecule has 0 spiro atoms. The van der Waals surface area contributed by atoms with Crippen molar-refractivity contribution in [2.75, 3.05) is 31.8 Å². The number of carboxylic acid groups (broad SMARTS) is 1. The number of carbonyl (C=O) groups is 2. The maximum atomic E-state index is 15.1. The summed E-state index contributed by atoms with van der Waals surface area (Å²) in [7, 11) is 1.08. The molecule has 0 saturated carbocycles. The van der Waals surface area contributed by atoms with Crippen LogP contribution in [-0.2, 0) is 22.1 Å². The number of fused-ring (bicyclic) bond motifs is 1. The lowest BCUT2D eigenvalue weighted by molar-refractivity contribution is -0.139. The summed E-state index contributed by atoms with van der Waals surface area (Å²) in [6, 6.07) is 3.74. The number of halogens is 6. The number of rotatable bonds is 8. The molecule has 45 heavy (non-hydrogen) atoms. The monoisotopic (exact) mass is 636 g/mol. The molecule has 0 unspecified atom stereocenters. The Hall–Kier alpha value is -4.79. The van der Waals surface area contributed by atoms with Gasteiger partial charge in [-0.2, -0.15) is 13.2 Å². The van der Waals surface area contributed by atoms with Crippen LogP contribution in [0.15, 0.2) is 48.8 Å². The first kappa shape index (κ1) is 31.6. The number of ether oxygens (including phenoxy) is 2. The number of morpholine rings is 1. The lowest BCUT2D eigenvalue weighted by atomic mass is 9.97. The van der Waals surface area contributed by atoms with Crippen molar-refractivity contribution in [2.24, 2.45) is 0 Å². The molecule has 15 heteroatoms. The molecular formula is C30H26F6N4O5. The van der Waals surface area contributed by atoms with Crippen molar-refractivity contribution in [3.63, 3.8) is 0 Å². The first-order chi connectivity index (χ1) is 21.3. The zero-order valence-electron chi connectivity index (χ0n) is 23.8. The minimum absolute atomic E-state index is 0.0524. The molecule has 2 N–H and O–H groups in total. The molecule has 2 atom stereocenters. The van der Waals surface area contributed by atoms with Gasteiger partial charge in [0.2, 0.25) is 0 Å². The summed E-state index contributed by atoms with van der Waals surface area (Å²) in [4.78, 5) is 30.9. The molecule has 238 valence electrons. The fourth-order valence-electron chi connectivity index (χ4n) is 5.37. The van der Waals surface area contributed by atoms with Gasteiger partial charge in [-0.3, -0.25) is 4.79 Å². The minimum Gasteiger partial charge on any atom is -0.496 e. The Morgan fingerprint density at radius 2 is 1.87 bits per heavy atom. The number of carbonyl (C=O) groups excluding carboxylic acids is 1. The van der Waals surface area contributed by atoms with E-state index in [2.05, 4.69) is 10.3 Å². The predicted molar refractivity (Wildman–Crippen MR) is 149 cm³/mol. The van der Waals surface area contributed by atoms with Crippen molar-refractivity contribution in [1.82, 2.24) is 14.7 Å². The summed E-state index contributed by atoms with van der Waals surface area (Å²) < 4.78 is 97.6. The van der Waals surface area contributed by atoms with Crippen LogP contribution in [0.2, 0.25) is 0 Å². The number of imidazole rings is 1. The lowest BCUT2D eigenvalue weighted by Gasteiger charge is -2.35. The third kappa shape index (κ3) is 6.25. The van der Waals surface area contributed by atoms with E-state index in [1.54, 1.807) is 4.90 Å². The Morgan fingerprint density at radius 3 is 2.49 bits per heavy atom. The van der Waals surface area contributed by atoms with Gasteiger partial charge in [-0.25, -0.2) is 22.9 Å². The third-order valence-electron chi connectivity index (χ3n) is 7.46. The van der Waals surface area contributed by atoms with Gasteiger partial charge in [0.25, 0.3) is 5.91 Å². The summed E-state index contributed by atoms with van der Waals surface area (Å²) in [6.45, 7) is 2.88. The highest BCUT2D eigenvalue weighted by Gasteiger charge is 2.37. The number of pyridine rings is 1. The molecule has 3 heterocycles. The van der Waals surface area contributed by atoms with E-state index in [1.165, 1.54) is 28.9 Å². The molecule has 2 aromatic heterocycles. The number of amides is 1.